The molecule has 0 fully saturated rings. The highest BCUT2D eigenvalue weighted by Gasteiger charge is 2.32. The van der Waals surface area contributed by atoms with Gasteiger partial charge in [-0.25, -0.2) is 0 Å². The first-order valence-corrected chi connectivity index (χ1v) is 26.3. The molecule has 0 aliphatic heterocycles. The minimum absolute atomic E-state index is 0.122. The Kier molecular flexibility index (Phi) is 30.4. The van der Waals surface area contributed by atoms with Gasteiger partial charge in [0.25, 0.3) is 0 Å². The molecule has 1 atom stereocenters. The molecule has 350 valence electrons. The first-order chi connectivity index (χ1) is 29.5. The Morgan fingerprint density at radius 1 is 0.475 bits per heavy atom. The molecule has 0 bridgehead atoms. The van der Waals surface area contributed by atoms with Gasteiger partial charge in [-0.1, -0.05) is 238 Å². The van der Waals surface area contributed by atoms with Gasteiger partial charge >= 0.3 is 5.97 Å². The Labute approximate surface area is 378 Å². The molecular formula is C57H98O4. The molecule has 0 spiro atoms. The largest absolute Gasteiger partial charge is 0.507 e. The van der Waals surface area contributed by atoms with E-state index in [-0.39, 0.29) is 5.97 Å². The maximum absolute atomic E-state index is 13.6. The fraction of sp³-hybridized carbons (Fsp3) is 0.772. The zero-order valence-corrected chi connectivity index (χ0v) is 41.3. The van der Waals surface area contributed by atoms with Crippen molar-refractivity contribution >= 4 is 5.97 Å². The van der Waals surface area contributed by atoms with E-state index in [9.17, 15) is 15.0 Å². The fourth-order valence-corrected chi connectivity index (χ4v) is 9.56. The quantitative estimate of drug-likeness (QED) is 0.0520. The van der Waals surface area contributed by atoms with Crippen LogP contribution in [0.2, 0.25) is 0 Å². The summed E-state index contributed by atoms with van der Waals surface area (Å²) in [4.78, 5) is 13.6. The molecule has 1 unspecified atom stereocenters. The molecule has 0 aliphatic rings. The molecule has 0 saturated carbocycles. The number of unbranched alkanes of at least 4 members (excludes halogenated alkanes) is 28. The molecule has 2 aromatic carbocycles. The second-order valence-corrected chi connectivity index (χ2v) is 19.8. The molecule has 61 heavy (non-hydrogen) atoms. The lowest BCUT2D eigenvalue weighted by Crippen LogP contribution is -2.26. The Morgan fingerprint density at radius 2 is 0.738 bits per heavy atom. The molecule has 0 amide bonds. The third kappa shape index (κ3) is 23.7. The normalized spacial score (nSPS) is 12.3. The van der Waals surface area contributed by atoms with Crippen LogP contribution in [-0.2, 0) is 14.9 Å². The van der Waals surface area contributed by atoms with E-state index < -0.39 is 5.41 Å². The Morgan fingerprint density at radius 3 is 1.02 bits per heavy atom. The summed E-state index contributed by atoms with van der Waals surface area (Å²) >= 11 is 0. The smallest absolute Gasteiger partial charge is 0.305 e. The van der Waals surface area contributed by atoms with Gasteiger partial charge in [-0.3, -0.25) is 4.79 Å². The number of phenols is 2. The highest BCUT2D eigenvalue weighted by atomic mass is 16.5. The van der Waals surface area contributed by atoms with Crippen LogP contribution in [0.1, 0.15) is 272 Å². The molecule has 2 N–H and O–H groups in total. The van der Waals surface area contributed by atoms with Gasteiger partial charge in [0.05, 0.1) is 6.61 Å². The molecule has 4 heteroatoms. The van der Waals surface area contributed by atoms with Crippen LogP contribution in [0.4, 0.5) is 0 Å². The number of aromatic hydroxyl groups is 2. The van der Waals surface area contributed by atoms with Crippen molar-refractivity contribution in [1.82, 2.24) is 0 Å². The first-order valence-electron chi connectivity index (χ1n) is 26.3. The summed E-state index contributed by atoms with van der Waals surface area (Å²) in [5.41, 5.74) is 4.96. The average Bonchev–Trinajstić information content (AvgIpc) is 3.24. The van der Waals surface area contributed by atoms with Gasteiger partial charge in [-0.2, -0.15) is 0 Å². The fourth-order valence-electron chi connectivity index (χ4n) is 9.56. The summed E-state index contributed by atoms with van der Waals surface area (Å²) in [7, 11) is 0. The van der Waals surface area contributed by atoms with Crippen LogP contribution in [0.3, 0.4) is 0 Å². The maximum atomic E-state index is 13.6. The van der Waals surface area contributed by atoms with Crippen LogP contribution in [0, 0.1) is 33.6 Å². The van der Waals surface area contributed by atoms with Gasteiger partial charge in [0.2, 0.25) is 0 Å². The lowest BCUT2D eigenvalue weighted by molar-refractivity contribution is -0.145. The van der Waals surface area contributed by atoms with E-state index in [0.29, 0.717) is 36.9 Å². The van der Waals surface area contributed by atoms with E-state index in [1.807, 2.05) is 27.7 Å². The lowest BCUT2D eigenvalue weighted by atomic mass is 9.71. The zero-order valence-electron chi connectivity index (χ0n) is 41.3. The van der Waals surface area contributed by atoms with Crippen molar-refractivity contribution in [3.63, 3.8) is 0 Å². The second kappa shape index (κ2) is 34.0. The van der Waals surface area contributed by atoms with Crippen LogP contribution >= 0.6 is 0 Å². The van der Waals surface area contributed by atoms with Gasteiger partial charge in [0, 0.05) is 11.8 Å². The van der Waals surface area contributed by atoms with Crippen molar-refractivity contribution < 1.29 is 19.7 Å². The number of rotatable bonds is 39. The van der Waals surface area contributed by atoms with E-state index in [1.54, 1.807) is 0 Å². The molecule has 0 aromatic heterocycles. The average molecular weight is 847 g/mol. The van der Waals surface area contributed by atoms with E-state index in [2.05, 4.69) is 45.0 Å². The van der Waals surface area contributed by atoms with Crippen molar-refractivity contribution in [1.29, 1.82) is 0 Å². The van der Waals surface area contributed by atoms with E-state index in [4.69, 9.17) is 4.74 Å². The van der Waals surface area contributed by atoms with Crippen LogP contribution in [-0.4, -0.2) is 22.8 Å². The van der Waals surface area contributed by atoms with Gasteiger partial charge < -0.3 is 14.9 Å². The maximum Gasteiger partial charge on any atom is 0.305 e. The number of ether oxygens (including phenoxy) is 1. The number of phenolic OH excluding ortho intramolecular Hbond substituents is 2. The molecule has 0 radical (unpaired) electrons. The topological polar surface area (TPSA) is 66.8 Å². The number of carbonyl (C=O) groups is 1. The summed E-state index contributed by atoms with van der Waals surface area (Å²) < 4.78 is 6.13. The van der Waals surface area contributed by atoms with Crippen molar-refractivity contribution in [2.45, 2.75) is 272 Å². The Bertz CT molecular complexity index is 1310. The van der Waals surface area contributed by atoms with Crippen molar-refractivity contribution in [2.24, 2.45) is 5.92 Å². The number of aryl methyl sites for hydroxylation is 4. The number of esters is 1. The van der Waals surface area contributed by atoms with Crippen molar-refractivity contribution in [3.05, 3.63) is 57.6 Å². The number of carbonyl (C=O) groups excluding carboxylic acids is 1. The van der Waals surface area contributed by atoms with Gasteiger partial charge in [-0.05, 0) is 86.3 Å². The minimum Gasteiger partial charge on any atom is -0.507 e. The molecule has 4 nitrogen and oxygen atoms in total. The minimum atomic E-state index is -0.493. The van der Waals surface area contributed by atoms with Crippen LogP contribution < -0.4 is 0 Å². The van der Waals surface area contributed by atoms with Gasteiger partial charge in [0.15, 0.2) is 0 Å². The number of hydrogen-bond acceptors (Lipinski definition) is 4. The van der Waals surface area contributed by atoms with Crippen molar-refractivity contribution in [3.8, 4) is 11.5 Å². The molecule has 0 aliphatic carbocycles. The van der Waals surface area contributed by atoms with Crippen molar-refractivity contribution in [2.75, 3.05) is 6.61 Å². The summed E-state index contributed by atoms with van der Waals surface area (Å²) in [6.07, 6.45) is 44.6. The zero-order chi connectivity index (χ0) is 44.6. The van der Waals surface area contributed by atoms with E-state index in [0.717, 1.165) is 46.2 Å². The third-order valence-corrected chi connectivity index (χ3v) is 14.0. The van der Waals surface area contributed by atoms with E-state index >= 15 is 0 Å². The predicted octanol–water partition coefficient (Wildman–Crippen LogP) is 18.1. The van der Waals surface area contributed by atoms with Gasteiger partial charge in [-0.15, -0.1) is 0 Å². The monoisotopic (exact) mass is 847 g/mol. The lowest BCUT2D eigenvalue weighted by Gasteiger charge is -2.33. The summed E-state index contributed by atoms with van der Waals surface area (Å²) in [5.74, 6) is 0.947. The summed E-state index contributed by atoms with van der Waals surface area (Å²) in [6, 6.07) is 8.21. The molecule has 2 rings (SSSR count). The SMILES string of the molecule is CCCCCCCCCCCCCCCCCCC(CCCCCCCCCCCCCCCC)COC(=O)CCC(C)(c1cc(C)c(O)c(C)c1)c1cc(C)c(O)c(C)c1. The third-order valence-electron chi connectivity index (χ3n) is 14.0. The summed E-state index contributed by atoms with van der Waals surface area (Å²) in [6.45, 7) is 15.0. The number of hydrogen-bond donors (Lipinski definition) is 2. The van der Waals surface area contributed by atoms with Crippen LogP contribution in [0.15, 0.2) is 24.3 Å². The molecule has 0 saturated heterocycles. The highest BCUT2D eigenvalue weighted by Crippen LogP contribution is 2.41. The molecule has 2 aromatic rings. The van der Waals surface area contributed by atoms with E-state index in [1.165, 1.54) is 193 Å². The van der Waals surface area contributed by atoms with Gasteiger partial charge in [0.1, 0.15) is 11.5 Å². The second-order valence-electron chi connectivity index (χ2n) is 19.8. The standard InChI is InChI=1S/C57H98O4/c1-8-10-12-14-16-18-20-22-24-25-27-29-31-33-35-37-39-51(38-36-34-32-30-28-26-23-21-19-17-15-13-11-9-2)46-61-54(58)40-41-57(7,52-42-47(3)55(59)48(4)43-52)53-44-49(5)56(60)50(6)45-53/h42-45,51,59-60H,8-41,46H2,1-7H3. The highest BCUT2D eigenvalue weighted by molar-refractivity contribution is 5.70. The molecule has 0 heterocycles. The molecular weight excluding hydrogens is 749 g/mol. The first kappa shape index (κ1) is 54.6. The summed E-state index contributed by atoms with van der Waals surface area (Å²) in [5, 5.41) is 21.2. The number of benzene rings is 2. The predicted molar refractivity (Wildman–Crippen MR) is 264 cm³/mol. The Hall–Kier alpha value is -2.49. The van der Waals surface area contributed by atoms with Crippen LogP contribution in [0.25, 0.3) is 0 Å². The Balaban J connectivity index is 1.84. The van der Waals surface area contributed by atoms with Crippen LogP contribution in [0.5, 0.6) is 11.5 Å².